The topological polar surface area (TPSA) is 112 Å². The maximum Gasteiger partial charge on any atom is 0.282 e. The summed E-state index contributed by atoms with van der Waals surface area (Å²) in [6, 6.07) is 0. The standard InChI is InChI=1S/C8H6N6O2/c1-14-5(15)2-4-6(7(14)16)12-13-8(11-4)10-3-9/h2H2,1H3,(H,10,11,13). The maximum atomic E-state index is 11.6. The van der Waals surface area contributed by atoms with Gasteiger partial charge in [0.2, 0.25) is 5.91 Å². The molecule has 16 heavy (non-hydrogen) atoms. The Balaban J connectivity index is 2.46. The molecule has 0 aromatic carbocycles. The minimum absolute atomic E-state index is 0.0206. The molecule has 0 aliphatic carbocycles. The molecule has 2 heterocycles. The first-order chi connectivity index (χ1) is 7.63. The second kappa shape index (κ2) is 3.54. The number of nitriles is 1. The van der Waals surface area contributed by atoms with Crippen LogP contribution in [-0.2, 0) is 11.2 Å². The molecule has 1 aromatic heterocycles. The Morgan fingerprint density at radius 2 is 2.19 bits per heavy atom. The molecule has 1 aromatic rings. The summed E-state index contributed by atoms with van der Waals surface area (Å²) in [4.78, 5) is 27.8. The van der Waals surface area contributed by atoms with Crippen LogP contribution in [0.3, 0.4) is 0 Å². The normalized spacial score (nSPS) is 14.4. The van der Waals surface area contributed by atoms with Crippen molar-refractivity contribution in [2.45, 2.75) is 6.42 Å². The molecule has 2 rings (SSSR count). The minimum Gasteiger partial charge on any atom is -0.280 e. The zero-order valence-corrected chi connectivity index (χ0v) is 8.26. The number of fused-ring (bicyclic) bond motifs is 1. The number of imide groups is 1. The van der Waals surface area contributed by atoms with Gasteiger partial charge in [-0.25, -0.2) is 4.98 Å². The summed E-state index contributed by atoms with van der Waals surface area (Å²) in [6.45, 7) is 0. The summed E-state index contributed by atoms with van der Waals surface area (Å²) in [5.41, 5.74) is 0.284. The third-order valence-corrected chi connectivity index (χ3v) is 2.13. The van der Waals surface area contributed by atoms with Gasteiger partial charge in [-0.05, 0) is 0 Å². The molecule has 80 valence electrons. The fourth-order valence-corrected chi connectivity index (χ4v) is 1.28. The van der Waals surface area contributed by atoms with Crippen molar-refractivity contribution in [1.82, 2.24) is 20.1 Å². The lowest BCUT2D eigenvalue weighted by molar-refractivity contribution is -0.127. The monoisotopic (exact) mass is 218 g/mol. The van der Waals surface area contributed by atoms with Crippen LogP contribution in [0.2, 0.25) is 0 Å². The number of aromatic nitrogens is 3. The molecule has 8 nitrogen and oxygen atoms in total. The van der Waals surface area contributed by atoms with Crippen LogP contribution in [0.15, 0.2) is 0 Å². The maximum absolute atomic E-state index is 11.6. The molecule has 8 heteroatoms. The first-order valence-electron chi connectivity index (χ1n) is 4.33. The third kappa shape index (κ3) is 1.44. The Morgan fingerprint density at radius 3 is 2.88 bits per heavy atom. The van der Waals surface area contributed by atoms with Crippen LogP contribution in [0, 0.1) is 11.5 Å². The van der Waals surface area contributed by atoms with E-state index in [1.54, 1.807) is 6.19 Å². The number of carbonyl (C=O) groups is 2. The SMILES string of the molecule is CN1C(=O)Cc2nc(NC#N)nnc2C1=O. The second-order valence-electron chi connectivity index (χ2n) is 3.10. The average Bonchev–Trinajstić information content (AvgIpc) is 2.26. The van der Waals surface area contributed by atoms with Crippen molar-refractivity contribution >= 4 is 17.8 Å². The molecule has 0 atom stereocenters. The summed E-state index contributed by atoms with van der Waals surface area (Å²) < 4.78 is 0. The highest BCUT2D eigenvalue weighted by Gasteiger charge is 2.31. The lowest BCUT2D eigenvalue weighted by Crippen LogP contribution is -2.40. The van der Waals surface area contributed by atoms with Crippen molar-refractivity contribution in [3.63, 3.8) is 0 Å². The van der Waals surface area contributed by atoms with Crippen molar-refractivity contribution in [3.8, 4) is 6.19 Å². The van der Waals surface area contributed by atoms with Crippen molar-refractivity contribution in [3.05, 3.63) is 11.4 Å². The van der Waals surface area contributed by atoms with E-state index in [-0.39, 0.29) is 29.7 Å². The summed E-state index contributed by atoms with van der Waals surface area (Å²) >= 11 is 0. The van der Waals surface area contributed by atoms with Gasteiger partial charge in [-0.15, -0.1) is 10.2 Å². The Bertz CT molecular complexity index is 520. The Kier molecular flexibility index (Phi) is 2.21. The van der Waals surface area contributed by atoms with E-state index in [0.29, 0.717) is 0 Å². The fraction of sp³-hybridized carbons (Fsp3) is 0.250. The lowest BCUT2D eigenvalue weighted by atomic mass is 10.1. The Hall–Kier alpha value is -2.56. The quantitative estimate of drug-likeness (QED) is 0.362. The average molecular weight is 218 g/mol. The van der Waals surface area contributed by atoms with Gasteiger partial charge >= 0.3 is 0 Å². The molecule has 1 aliphatic rings. The van der Waals surface area contributed by atoms with Gasteiger partial charge in [-0.3, -0.25) is 19.8 Å². The number of hydrogen-bond donors (Lipinski definition) is 1. The molecule has 1 aliphatic heterocycles. The van der Waals surface area contributed by atoms with E-state index >= 15 is 0 Å². The van der Waals surface area contributed by atoms with E-state index in [1.807, 2.05) is 0 Å². The molecule has 0 saturated carbocycles. The number of likely N-dealkylation sites (N-methyl/N-ethyl adjacent to an activating group) is 1. The number of carbonyl (C=O) groups excluding carboxylic acids is 2. The third-order valence-electron chi connectivity index (χ3n) is 2.13. The summed E-state index contributed by atoms with van der Waals surface area (Å²) in [7, 11) is 1.37. The lowest BCUT2D eigenvalue weighted by Gasteiger charge is -2.20. The van der Waals surface area contributed by atoms with Crippen molar-refractivity contribution in [2.24, 2.45) is 0 Å². The van der Waals surface area contributed by atoms with Crippen molar-refractivity contribution in [1.29, 1.82) is 5.26 Å². The van der Waals surface area contributed by atoms with E-state index in [4.69, 9.17) is 5.26 Å². The predicted octanol–water partition coefficient (Wildman–Crippen LogP) is -1.08. The number of nitrogens with one attached hydrogen (secondary N) is 1. The fourth-order valence-electron chi connectivity index (χ4n) is 1.28. The number of nitrogens with zero attached hydrogens (tertiary/aromatic N) is 5. The van der Waals surface area contributed by atoms with E-state index < -0.39 is 5.91 Å². The van der Waals surface area contributed by atoms with Crippen molar-refractivity contribution < 1.29 is 9.59 Å². The Morgan fingerprint density at radius 1 is 1.44 bits per heavy atom. The number of rotatable bonds is 1. The van der Waals surface area contributed by atoms with Gasteiger partial charge < -0.3 is 0 Å². The minimum atomic E-state index is -0.533. The van der Waals surface area contributed by atoms with Gasteiger partial charge in [0, 0.05) is 7.05 Å². The molecule has 0 radical (unpaired) electrons. The van der Waals surface area contributed by atoms with Gasteiger partial charge in [-0.2, -0.15) is 5.26 Å². The second-order valence-corrected chi connectivity index (χ2v) is 3.10. The first kappa shape index (κ1) is 9.97. The summed E-state index contributed by atoms with van der Waals surface area (Å²) in [6.07, 6.45) is 1.61. The van der Waals surface area contributed by atoms with E-state index in [0.717, 1.165) is 4.90 Å². The van der Waals surface area contributed by atoms with Crippen molar-refractivity contribution in [2.75, 3.05) is 12.4 Å². The van der Waals surface area contributed by atoms with Gasteiger partial charge in [0.05, 0.1) is 12.1 Å². The van der Waals surface area contributed by atoms with E-state index in [9.17, 15) is 9.59 Å². The van der Waals surface area contributed by atoms with Crippen LogP contribution < -0.4 is 5.32 Å². The zero-order valence-electron chi connectivity index (χ0n) is 8.26. The zero-order chi connectivity index (χ0) is 11.7. The molecule has 2 amide bonds. The smallest absolute Gasteiger partial charge is 0.280 e. The molecular formula is C8H6N6O2. The highest BCUT2D eigenvalue weighted by Crippen LogP contribution is 2.14. The van der Waals surface area contributed by atoms with Gasteiger partial charge in [-0.1, -0.05) is 0 Å². The summed E-state index contributed by atoms with van der Waals surface area (Å²) in [5.74, 6) is -0.915. The largest absolute Gasteiger partial charge is 0.282 e. The number of anilines is 1. The predicted molar refractivity (Wildman–Crippen MR) is 49.9 cm³/mol. The molecule has 0 unspecified atom stereocenters. The Labute approximate surface area is 89.9 Å². The van der Waals surface area contributed by atoms with Crippen LogP contribution in [0.1, 0.15) is 16.2 Å². The molecule has 0 bridgehead atoms. The molecule has 0 fully saturated rings. The molecular weight excluding hydrogens is 212 g/mol. The summed E-state index contributed by atoms with van der Waals surface area (Å²) in [5, 5.41) is 17.7. The molecule has 1 N–H and O–H groups in total. The van der Waals surface area contributed by atoms with Crippen LogP contribution in [0.25, 0.3) is 0 Å². The van der Waals surface area contributed by atoms with Gasteiger partial charge in [0.15, 0.2) is 11.9 Å². The number of hydrogen-bond acceptors (Lipinski definition) is 7. The van der Waals surface area contributed by atoms with E-state index in [2.05, 4.69) is 20.5 Å². The number of amides is 2. The van der Waals surface area contributed by atoms with Crippen LogP contribution >= 0.6 is 0 Å². The molecule has 0 spiro atoms. The van der Waals surface area contributed by atoms with Crippen LogP contribution in [0.4, 0.5) is 5.95 Å². The van der Waals surface area contributed by atoms with Crippen LogP contribution in [0.5, 0.6) is 0 Å². The van der Waals surface area contributed by atoms with Gasteiger partial charge in [0.1, 0.15) is 0 Å². The first-order valence-corrected chi connectivity index (χ1v) is 4.33. The van der Waals surface area contributed by atoms with E-state index in [1.165, 1.54) is 7.05 Å². The highest BCUT2D eigenvalue weighted by molar-refractivity contribution is 6.07. The molecule has 0 saturated heterocycles. The van der Waals surface area contributed by atoms with Crippen LogP contribution in [-0.4, -0.2) is 38.9 Å². The highest BCUT2D eigenvalue weighted by atomic mass is 16.2. The van der Waals surface area contributed by atoms with Gasteiger partial charge in [0.25, 0.3) is 11.9 Å².